The summed E-state index contributed by atoms with van der Waals surface area (Å²) in [7, 11) is 0. The fraction of sp³-hybridized carbons (Fsp3) is 0.538. The summed E-state index contributed by atoms with van der Waals surface area (Å²) in [6.45, 7) is 7.84. The molecule has 0 aliphatic rings. The molecule has 0 radical (unpaired) electrons. The van der Waals surface area contributed by atoms with Crippen LogP contribution in [-0.2, 0) is 11.3 Å². The average Bonchev–Trinajstić information content (AvgIpc) is 2.24. The molecule has 1 rings (SSSR count). The van der Waals surface area contributed by atoms with Crippen LogP contribution in [0.25, 0.3) is 0 Å². The van der Waals surface area contributed by atoms with Crippen LogP contribution in [0.1, 0.15) is 25.0 Å². The minimum absolute atomic E-state index is 0.255. The summed E-state index contributed by atoms with van der Waals surface area (Å²) in [6, 6.07) is 5.97. The Morgan fingerprint density at radius 2 is 2.00 bits per heavy atom. The predicted octanol–water partition coefficient (Wildman–Crippen LogP) is 2.26. The maximum absolute atomic E-state index is 5.59. The zero-order valence-electron chi connectivity index (χ0n) is 10.3. The Hall–Kier alpha value is -1.06. The third kappa shape index (κ3) is 4.21. The molecule has 3 nitrogen and oxygen atoms in total. The normalized spacial score (nSPS) is 10.8. The highest BCUT2D eigenvalue weighted by atomic mass is 16.5. The SMILES string of the molecule is Cc1cc(OCCOC(C)C)ccc1CN. The Balaban J connectivity index is 2.40. The highest BCUT2D eigenvalue weighted by Gasteiger charge is 1.99. The third-order valence-corrected chi connectivity index (χ3v) is 2.34. The summed E-state index contributed by atoms with van der Waals surface area (Å²) in [6.07, 6.45) is 0.255. The first-order chi connectivity index (χ1) is 7.63. The molecule has 0 atom stereocenters. The lowest BCUT2D eigenvalue weighted by Gasteiger charge is -2.10. The molecule has 0 saturated carbocycles. The standard InChI is InChI=1S/C13H21NO2/c1-10(2)15-6-7-16-13-5-4-12(9-14)11(3)8-13/h4-5,8,10H,6-7,9,14H2,1-3H3. The van der Waals surface area contributed by atoms with Gasteiger partial charge in [-0.05, 0) is 44.0 Å². The molecule has 0 bridgehead atoms. The number of ether oxygens (including phenoxy) is 2. The van der Waals surface area contributed by atoms with E-state index < -0.39 is 0 Å². The van der Waals surface area contributed by atoms with Crippen molar-refractivity contribution in [2.75, 3.05) is 13.2 Å². The van der Waals surface area contributed by atoms with Crippen LogP contribution in [0.5, 0.6) is 5.75 Å². The van der Waals surface area contributed by atoms with Crippen LogP contribution in [0, 0.1) is 6.92 Å². The summed E-state index contributed by atoms with van der Waals surface area (Å²) in [5, 5.41) is 0. The van der Waals surface area contributed by atoms with Gasteiger partial charge in [0.15, 0.2) is 0 Å². The lowest BCUT2D eigenvalue weighted by molar-refractivity contribution is 0.0552. The molecule has 0 saturated heterocycles. The highest BCUT2D eigenvalue weighted by Crippen LogP contribution is 2.16. The van der Waals surface area contributed by atoms with E-state index in [1.54, 1.807) is 0 Å². The molecule has 0 amide bonds. The Morgan fingerprint density at radius 3 is 2.56 bits per heavy atom. The minimum Gasteiger partial charge on any atom is -0.491 e. The van der Waals surface area contributed by atoms with Gasteiger partial charge in [0.2, 0.25) is 0 Å². The van der Waals surface area contributed by atoms with Crippen molar-refractivity contribution in [2.45, 2.75) is 33.4 Å². The van der Waals surface area contributed by atoms with E-state index in [1.807, 2.05) is 39.0 Å². The second-order valence-electron chi connectivity index (χ2n) is 4.06. The molecule has 2 N–H and O–H groups in total. The molecule has 1 aromatic carbocycles. The van der Waals surface area contributed by atoms with Gasteiger partial charge in [0, 0.05) is 6.54 Å². The second-order valence-corrected chi connectivity index (χ2v) is 4.06. The fourth-order valence-corrected chi connectivity index (χ4v) is 1.43. The van der Waals surface area contributed by atoms with Gasteiger partial charge in [0.25, 0.3) is 0 Å². The molecule has 0 spiro atoms. The van der Waals surface area contributed by atoms with E-state index >= 15 is 0 Å². The van der Waals surface area contributed by atoms with E-state index in [9.17, 15) is 0 Å². The smallest absolute Gasteiger partial charge is 0.119 e. The van der Waals surface area contributed by atoms with Crippen LogP contribution in [0.4, 0.5) is 0 Å². The third-order valence-electron chi connectivity index (χ3n) is 2.34. The topological polar surface area (TPSA) is 44.5 Å². The van der Waals surface area contributed by atoms with Gasteiger partial charge >= 0.3 is 0 Å². The van der Waals surface area contributed by atoms with Crippen molar-refractivity contribution in [1.82, 2.24) is 0 Å². The van der Waals surface area contributed by atoms with Crippen molar-refractivity contribution in [2.24, 2.45) is 5.73 Å². The van der Waals surface area contributed by atoms with Crippen LogP contribution in [0.15, 0.2) is 18.2 Å². The minimum atomic E-state index is 0.255. The van der Waals surface area contributed by atoms with Crippen molar-refractivity contribution in [1.29, 1.82) is 0 Å². The van der Waals surface area contributed by atoms with E-state index in [0.717, 1.165) is 11.3 Å². The molecule has 0 aromatic heterocycles. The number of hydrogen-bond acceptors (Lipinski definition) is 3. The molecule has 0 aliphatic heterocycles. The summed E-state index contributed by atoms with van der Waals surface area (Å²) >= 11 is 0. The van der Waals surface area contributed by atoms with Crippen molar-refractivity contribution in [3.05, 3.63) is 29.3 Å². The van der Waals surface area contributed by atoms with Gasteiger partial charge in [0.05, 0.1) is 12.7 Å². The Bertz CT molecular complexity index is 324. The highest BCUT2D eigenvalue weighted by molar-refractivity contribution is 5.34. The number of rotatable bonds is 6. The summed E-state index contributed by atoms with van der Waals surface area (Å²) in [4.78, 5) is 0. The van der Waals surface area contributed by atoms with E-state index in [4.69, 9.17) is 15.2 Å². The van der Waals surface area contributed by atoms with Crippen molar-refractivity contribution in [3.63, 3.8) is 0 Å². The van der Waals surface area contributed by atoms with Gasteiger partial charge in [-0.25, -0.2) is 0 Å². The van der Waals surface area contributed by atoms with Gasteiger partial charge < -0.3 is 15.2 Å². The van der Waals surface area contributed by atoms with Crippen LogP contribution in [0.3, 0.4) is 0 Å². The second kappa shape index (κ2) is 6.51. The monoisotopic (exact) mass is 223 g/mol. The van der Waals surface area contributed by atoms with Gasteiger partial charge in [-0.2, -0.15) is 0 Å². The van der Waals surface area contributed by atoms with Crippen LogP contribution < -0.4 is 10.5 Å². The van der Waals surface area contributed by atoms with Gasteiger partial charge in [-0.3, -0.25) is 0 Å². The first-order valence-corrected chi connectivity index (χ1v) is 5.67. The van der Waals surface area contributed by atoms with E-state index in [1.165, 1.54) is 5.56 Å². The van der Waals surface area contributed by atoms with E-state index in [0.29, 0.717) is 19.8 Å². The fourth-order valence-electron chi connectivity index (χ4n) is 1.43. The summed E-state index contributed by atoms with van der Waals surface area (Å²) in [5.74, 6) is 0.877. The zero-order valence-corrected chi connectivity index (χ0v) is 10.3. The average molecular weight is 223 g/mol. The first-order valence-electron chi connectivity index (χ1n) is 5.67. The van der Waals surface area contributed by atoms with Gasteiger partial charge in [-0.1, -0.05) is 6.07 Å². The molecule has 16 heavy (non-hydrogen) atoms. The summed E-state index contributed by atoms with van der Waals surface area (Å²) in [5.41, 5.74) is 7.92. The van der Waals surface area contributed by atoms with Crippen molar-refractivity contribution in [3.8, 4) is 5.75 Å². The largest absolute Gasteiger partial charge is 0.491 e. The maximum atomic E-state index is 5.59. The molecule has 0 heterocycles. The molecule has 3 heteroatoms. The van der Waals surface area contributed by atoms with Crippen LogP contribution in [0.2, 0.25) is 0 Å². The molecular weight excluding hydrogens is 202 g/mol. The zero-order chi connectivity index (χ0) is 12.0. The Kier molecular flexibility index (Phi) is 5.29. The first kappa shape index (κ1) is 13.0. The van der Waals surface area contributed by atoms with Gasteiger partial charge in [0.1, 0.15) is 12.4 Å². The number of nitrogens with two attached hydrogens (primary N) is 1. The lowest BCUT2D eigenvalue weighted by Crippen LogP contribution is -2.11. The maximum Gasteiger partial charge on any atom is 0.119 e. The number of aryl methyl sites for hydroxylation is 1. The van der Waals surface area contributed by atoms with Crippen molar-refractivity contribution >= 4 is 0 Å². The molecule has 90 valence electrons. The molecular formula is C13H21NO2. The molecule has 1 aromatic rings. The number of hydrogen-bond donors (Lipinski definition) is 1. The summed E-state index contributed by atoms with van der Waals surface area (Å²) < 4.78 is 11.0. The Morgan fingerprint density at radius 1 is 1.25 bits per heavy atom. The number of benzene rings is 1. The van der Waals surface area contributed by atoms with Crippen LogP contribution in [-0.4, -0.2) is 19.3 Å². The molecule has 0 fully saturated rings. The van der Waals surface area contributed by atoms with Crippen LogP contribution >= 0.6 is 0 Å². The van der Waals surface area contributed by atoms with Crippen molar-refractivity contribution < 1.29 is 9.47 Å². The van der Waals surface area contributed by atoms with Gasteiger partial charge in [-0.15, -0.1) is 0 Å². The van der Waals surface area contributed by atoms with E-state index in [2.05, 4.69) is 0 Å². The quantitative estimate of drug-likeness (QED) is 0.752. The predicted molar refractivity (Wildman–Crippen MR) is 65.7 cm³/mol. The lowest BCUT2D eigenvalue weighted by atomic mass is 10.1. The van der Waals surface area contributed by atoms with E-state index in [-0.39, 0.29) is 6.10 Å². The Labute approximate surface area is 97.6 Å². The molecule has 0 aliphatic carbocycles. The molecule has 0 unspecified atom stereocenters.